The van der Waals surface area contributed by atoms with Crippen LogP contribution in [0, 0.1) is 0 Å². The van der Waals surface area contributed by atoms with E-state index in [2.05, 4.69) is 15.6 Å². The van der Waals surface area contributed by atoms with Crippen molar-refractivity contribution in [2.75, 3.05) is 19.4 Å². The van der Waals surface area contributed by atoms with Crippen LogP contribution in [-0.4, -0.2) is 59.8 Å². The molecule has 0 spiro atoms. The van der Waals surface area contributed by atoms with Gasteiger partial charge in [-0.3, -0.25) is 4.79 Å². The Hall–Kier alpha value is -3.31. The Morgan fingerprint density at radius 1 is 1.19 bits per heavy atom. The maximum Gasteiger partial charge on any atom is 0.338 e. The number of aryl methyl sites for hydroxylation is 1. The fraction of sp³-hybridized carbons (Fsp3) is 0.300. The van der Waals surface area contributed by atoms with Gasteiger partial charge in [0, 0.05) is 26.3 Å². The Kier molecular flexibility index (Phi) is 6.37. The van der Waals surface area contributed by atoms with E-state index in [9.17, 15) is 18.0 Å². The second-order valence-electron chi connectivity index (χ2n) is 6.96. The van der Waals surface area contributed by atoms with Crippen molar-refractivity contribution in [3.05, 3.63) is 48.0 Å². The summed E-state index contributed by atoms with van der Waals surface area (Å²) >= 11 is 0. The molecule has 0 aliphatic carbocycles. The van der Waals surface area contributed by atoms with Gasteiger partial charge in [0.05, 0.1) is 16.0 Å². The molecule has 1 aromatic heterocycles. The SMILES string of the molecule is CCn1nnc2cc(C(=O)O[C@H](C)C(=O)Nc3cccc(S(=O)(=O)N(C)C)c3)ccc21. The highest BCUT2D eigenvalue weighted by molar-refractivity contribution is 7.89. The van der Waals surface area contributed by atoms with Crippen LogP contribution < -0.4 is 5.32 Å². The van der Waals surface area contributed by atoms with Crippen molar-refractivity contribution in [3.8, 4) is 0 Å². The third kappa shape index (κ3) is 4.72. The smallest absolute Gasteiger partial charge is 0.338 e. The second kappa shape index (κ2) is 8.82. The number of hydrogen-bond acceptors (Lipinski definition) is 7. The number of rotatable bonds is 7. The predicted molar refractivity (Wildman–Crippen MR) is 114 cm³/mol. The van der Waals surface area contributed by atoms with Crippen LogP contribution >= 0.6 is 0 Å². The number of amides is 1. The minimum absolute atomic E-state index is 0.0355. The second-order valence-corrected chi connectivity index (χ2v) is 9.11. The van der Waals surface area contributed by atoms with Crippen molar-refractivity contribution in [3.63, 3.8) is 0 Å². The molecule has 1 N–H and O–H groups in total. The first-order chi connectivity index (χ1) is 14.6. The van der Waals surface area contributed by atoms with E-state index < -0.39 is 28.0 Å². The van der Waals surface area contributed by atoms with Gasteiger partial charge in [-0.05, 0) is 50.2 Å². The summed E-state index contributed by atoms with van der Waals surface area (Å²) in [6.45, 7) is 4.01. The highest BCUT2D eigenvalue weighted by Gasteiger charge is 2.21. The van der Waals surface area contributed by atoms with Crippen molar-refractivity contribution in [2.24, 2.45) is 0 Å². The molecule has 164 valence electrons. The van der Waals surface area contributed by atoms with Crippen LogP contribution in [0.4, 0.5) is 5.69 Å². The molecule has 2 aromatic carbocycles. The van der Waals surface area contributed by atoms with Crippen LogP contribution in [0.2, 0.25) is 0 Å². The molecule has 1 atom stereocenters. The number of nitrogens with one attached hydrogen (secondary N) is 1. The molecule has 0 saturated heterocycles. The van der Waals surface area contributed by atoms with Crippen molar-refractivity contribution < 1.29 is 22.7 Å². The lowest BCUT2D eigenvalue weighted by Gasteiger charge is -2.15. The first kappa shape index (κ1) is 22.4. The molecule has 0 aliphatic heterocycles. The van der Waals surface area contributed by atoms with Crippen molar-refractivity contribution >= 4 is 38.6 Å². The average molecular weight is 446 g/mol. The zero-order valence-corrected chi connectivity index (χ0v) is 18.4. The van der Waals surface area contributed by atoms with Gasteiger partial charge in [0.2, 0.25) is 10.0 Å². The third-order valence-corrected chi connectivity index (χ3v) is 6.39. The van der Waals surface area contributed by atoms with Crippen molar-refractivity contribution in [1.82, 2.24) is 19.3 Å². The number of aromatic nitrogens is 3. The number of anilines is 1. The Bertz CT molecular complexity index is 1240. The highest BCUT2D eigenvalue weighted by Crippen LogP contribution is 2.19. The van der Waals surface area contributed by atoms with E-state index >= 15 is 0 Å². The molecule has 3 rings (SSSR count). The van der Waals surface area contributed by atoms with Gasteiger partial charge in [-0.15, -0.1) is 5.10 Å². The molecule has 1 heterocycles. The van der Waals surface area contributed by atoms with E-state index in [4.69, 9.17) is 4.74 Å². The molecule has 0 unspecified atom stereocenters. The Balaban J connectivity index is 1.69. The van der Waals surface area contributed by atoms with Crippen LogP contribution in [0.15, 0.2) is 47.4 Å². The Morgan fingerprint density at radius 3 is 2.61 bits per heavy atom. The topological polar surface area (TPSA) is 123 Å². The van der Waals surface area contributed by atoms with Crippen LogP contribution in [0.25, 0.3) is 11.0 Å². The number of fused-ring (bicyclic) bond motifs is 1. The number of carbonyl (C=O) groups excluding carboxylic acids is 2. The monoisotopic (exact) mass is 445 g/mol. The lowest BCUT2D eigenvalue weighted by atomic mass is 10.2. The van der Waals surface area contributed by atoms with Crippen molar-refractivity contribution in [1.29, 1.82) is 0 Å². The summed E-state index contributed by atoms with van der Waals surface area (Å²) in [7, 11) is -0.807. The molecule has 0 aliphatic rings. The van der Waals surface area contributed by atoms with Gasteiger partial charge in [-0.25, -0.2) is 22.2 Å². The first-order valence-electron chi connectivity index (χ1n) is 9.51. The van der Waals surface area contributed by atoms with Crippen LogP contribution in [0.5, 0.6) is 0 Å². The molecule has 0 saturated carbocycles. The van der Waals surface area contributed by atoms with Gasteiger partial charge in [-0.1, -0.05) is 11.3 Å². The van der Waals surface area contributed by atoms with E-state index in [0.29, 0.717) is 12.1 Å². The summed E-state index contributed by atoms with van der Waals surface area (Å²) in [5.74, 6) is -1.27. The summed E-state index contributed by atoms with van der Waals surface area (Å²) < 4.78 is 32.5. The number of hydrogen-bond donors (Lipinski definition) is 1. The van der Waals surface area contributed by atoms with Gasteiger partial charge in [0.15, 0.2) is 6.10 Å². The Labute approximate surface area is 179 Å². The molecule has 3 aromatic rings. The first-order valence-corrected chi connectivity index (χ1v) is 10.9. The number of carbonyl (C=O) groups is 2. The lowest BCUT2D eigenvalue weighted by Crippen LogP contribution is -2.30. The van der Waals surface area contributed by atoms with Gasteiger partial charge < -0.3 is 10.1 Å². The minimum Gasteiger partial charge on any atom is -0.449 e. The maximum absolute atomic E-state index is 12.5. The van der Waals surface area contributed by atoms with E-state index in [-0.39, 0.29) is 16.1 Å². The summed E-state index contributed by atoms with van der Waals surface area (Å²) in [5.41, 5.74) is 1.85. The zero-order chi connectivity index (χ0) is 22.8. The number of esters is 1. The largest absolute Gasteiger partial charge is 0.449 e. The van der Waals surface area contributed by atoms with E-state index in [1.54, 1.807) is 28.9 Å². The molecular formula is C20H23N5O5S. The van der Waals surface area contributed by atoms with E-state index in [1.807, 2.05) is 6.92 Å². The molecule has 10 nitrogen and oxygen atoms in total. The van der Waals surface area contributed by atoms with E-state index in [1.165, 1.54) is 39.2 Å². The fourth-order valence-corrected chi connectivity index (χ4v) is 3.75. The Morgan fingerprint density at radius 2 is 1.94 bits per heavy atom. The molecule has 1 amide bonds. The maximum atomic E-state index is 12.5. The lowest BCUT2D eigenvalue weighted by molar-refractivity contribution is -0.123. The molecule has 31 heavy (non-hydrogen) atoms. The highest BCUT2D eigenvalue weighted by atomic mass is 32.2. The predicted octanol–water partition coefficient (Wildman–Crippen LogP) is 1.89. The van der Waals surface area contributed by atoms with Crippen LogP contribution in [0.3, 0.4) is 0 Å². The molecule has 0 bridgehead atoms. The molecular weight excluding hydrogens is 422 g/mol. The normalized spacial score (nSPS) is 12.7. The standard InChI is InChI=1S/C20H23N5O5S/c1-5-25-18-10-9-14(11-17(18)22-23-25)20(27)30-13(2)19(26)21-15-7-6-8-16(12-15)31(28,29)24(3)4/h6-13H,5H2,1-4H3,(H,21,26)/t13-/m1/s1. The third-order valence-electron chi connectivity index (χ3n) is 4.58. The van der Waals surface area contributed by atoms with Crippen LogP contribution in [-0.2, 0) is 26.1 Å². The molecule has 11 heteroatoms. The summed E-state index contributed by atoms with van der Waals surface area (Å²) in [4.78, 5) is 24.9. The van der Waals surface area contributed by atoms with Gasteiger partial charge >= 0.3 is 5.97 Å². The van der Waals surface area contributed by atoms with Gasteiger partial charge in [0.1, 0.15) is 5.52 Å². The minimum atomic E-state index is -3.64. The van der Waals surface area contributed by atoms with E-state index in [0.717, 1.165) is 9.82 Å². The summed E-state index contributed by atoms with van der Waals surface area (Å²) in [5, 5.41) is 10.6. The molecule has 0 fully saturated rings. The zero-order valence-electron chi connectivity index (χ0n) is 17.6. The molecule has 0 radical (unpaired) electrons. The fourth-order valence-electron chi connectivity index (χ4n) is 2.80. The number of sulfonamides is 1. The van der Waals surface area contributed by atoms with Crippen LogP contribution in [0.1, 0.15) is 24.2 Å². The summed E-state index contributed by atoms with van der Waals surface area (Å²) in [6, 6.07) is 10.7. The van der Waals surface area contributed by atoms with Crippen molar-refractivity contribution in [2.45, 2.75) is 31.4 Å². The summed E-state index contributed by atoms with van der Waals surface area (Å²) in [6.07, 6.45) is -1.11. The number of ether oxygens (including phenoxy) is 1. The van der Waals surface area contributed by atoms with Gasteiger partial charge in [0.25, 0.3) is 5.91 Å². The quantitative estimate of drug-likeness (QED) is 0.551. The van der Waals surface area contributed by atoms with Gasteiger partial charge in [-0.2, -0.15) is 0 Å². The number of benzene rings is 2. The average Bonchev–Trinajstić information content (AvgIpc) is 3.16. The number of nitrogens with zero attached hydrogens (tertiary/aromatic N) is 4.